The van der Waals surface area contributed by atoms with Gasteiger partial charge in [0.2, 0.25) is 0 Å². The molecular weight excluding hydrogens is 168 g/mol. The monoisotopic (exact) mass is 188 g/mol. The molecule has 1 fully saturated rings. The molecule has 0 amide bonds. The standard InChI is InChI=1S/C10H20O3/c1-3-4-9-7-10(11,8-12-2)5-6-13-9/h9,11H,3-8H2,1-2H3. The van der Waals surface area contributed by atoms with Gasteiger partial charge in [0.15, 0.2) is 0 Å². The van der Waals surface area contributed by atoms with E-state index in [0.29, 0.717) is 26.1 Å². The van der Waals surface area contributed by atoms with Crippen molar-refractivity contribution in [3.63, 3.8) is 0 Å². The summed E-state index contributed by atoms with van der Waals surface area (Å²) in [5.41, 5.74) is -0.646. The second kappa shape index (κ2) is 4.94. The van der Waals surface area contributed by atoms with Crippen molar-refractivity contribution in [3.05, 3.63) is 0 Å². The molecule has 1 rings (SSSR count). The number of hydrogen-bond acceptors (Lipinski definition) is 3. The zero-order valence-corrected chi connectivity index (χ0v) is 8.58. The van der Waals surface area contributed by atoms with Crippen molar-refractivity contribution in [3.8, 4) is 0 Å². The molecule has 0 bridgehead atoms. The number of aliphatic hydroxyl groups is 1. The first-order chi connectivity index (χ1) is 6.20. The molecule has 78 valence electrons. The predicted molar refractivity (Wildman–Crippen MR) is 50.7 cm³/mol. The lowest BCUT2D eigenvalue weighted by Crippen LogP contribution is -2.44. The molecule has 13 heavy (non-hydrogen) atoms. The molecule has 0 aromatic rings. The van der Waals surface area contributed by atoms with Crippen LogP contribution in [0, 0.1) is 0 Å². The number of methoxy groups -OCH3 is 1. The summed E-state index contributed by atoms with van der Waals surface area (Å²) in [6.07, 6.45) is 3.77. The third-order valence-electron chi connectivity index (χ3n) is 2.55. The van der Waals surface area contributed by atoms with Crippen LogP contribution in [0.5, 0.6) is 0 Å². The van der Waals surface area contributed by atoms with Crippen LogP contribution in [0.1, 0.15) is 32.6 Å². The normalized spacial score (nSPS) is 34.8. The molecule has 0 radical (unpaired) electrons. The van der Waals surface area contributed by atoms with Gasteiger partial charge in [-0.1, -0.05) is 13.3 Å². The summed E-state index contributed by atoms with van der Waals surface area (Å²) in [6.45, 7) is 3.22. The summed E-state index contributed by atoms with van der Waals surface area (Å²) in [7, 11) is 1.63. The van der Waals surface area contributed by atoms with Gasteiger partial charge in [-0.25, -0.2) is 0 Å². The van der Waals surface area contributed by atoms with Crippen molar-refractivity contribution in [1.82, 2.24) is 0 Å². The fraction of sp³-hybridized carbons (Fsp3) is 1.00. The zero-order chi connectivity index (χ0) is 9.73. The Hall–Kier alpha value is -0.120. The molecule has 0 spiro atoms. The number of rotatable bonds is 4. The van der Waals surface area contributed by atoms with Gasteiger partial charge in [-0.15, -0.1) is 0 Å². The quantitative estimate of drug-likeness (QED) is 0.723. The minimum absolute atomic E-state index is 0.221. The first kappa shape index (κ1) is 11.0. The fourth-order valence-electron chi connectivity index (χ4n) is 1.91. The molecule has 1 N–H and O–H groups in total. The van der Waals surface area contributed by atoms with Crippen LogP contribution in [-0.4, -0.2) is 37.1 Å². The van der Waals surface area contributed by atoms with Crippen molar-refractivity contribution in [1.29, 1.82) is 0 Å². The van der Waals surface area contributed by atoms with E-state index < -0.39 is 5.60 Å². The molecule has 1 heterocycles. The minimum atomic E-state index is -0.646. The van der Waals surface area contributed by atoms with Crippen LogP contribution in [-0.2, 0) is 9.47 Å². The molecule has 2 atom stereocenters. The van der Waals surface area contributed by atoms with Crippen LogP contribution >= 0.6 is 0 Å². The van der Waals surface area contributed by atoms with Gasteiger partial charge in [-0.2, -0.15) is 0 Å². The van der Waals surface area contributed by atoms with Gasteiger partial charge < -0.3 is 14.6 Å². The molecule has 3 nitrogen and oxygen atoms in total. The smallest absolute Gasteiger partial charge is 0.0926 e. The summed E-state index contributed by atoms with van der Waals surface area (Å²) in [5, 5.41) is 10.1. The molecule has 0 aliphatic carbocycles. The SMILES string of the molecule is CCCC1CC(O)(COC)CCO1. The van der Waals surface area contributed by atoms with Gasteiger partial charge in [0.05, 0.1) is 18.3 Å². The largest absolute Gasteiger partial charge is 0.387 e. The van der Waals surface area contributed by atoms with Gasteiger partial charge in [0.25, 0.3) is 0 Å². The second-order valence-corrected chi connectivity index (χ2v) is 3.89. The third-order valence-corrected chi connectivity index (χ3v) is 2.55. The highest BCUT2D eigenvalue weighted by molar-refractivity contribution is 4.85. The molecule has 1 saturated heterocycles. The van der Waals surface area contributed by atoms with E-state index in [0.717, 1.165) is 12.8 Å². The van der Waals surface area contributed by atoms with Gasteiger partial charge in [-0.3, -0.25) is 0 Å². The predicted octanol–water partition coefficient (Wildman–Crippen LogP) is 1.34. The average molecular weight is 188 g/mol. The molecule has 0 saturated carbocycles. The van der Waals surface area contributed by atoms with Crippen molar-refractivity contribution in [2.45, 2.75) is 44.3 Å². The highest BCUT2D eigenvalue weighted by Crippen LogP contribution is 2.27. The van der Waals surface area contributed by atoms with Crippen LogP contribution in [0.2, 0.25) is 0 Å². The lowest BCUT2D eigenvalue weighted by atomic mass is 9.89. The van der Waals surface area contributed by atoms with Gasteiger partial charge >= 0.3 is 0 Å². The topological polar surface area (TPSA) is 38.7 Å². The third kappa shape index (κ3) is 3.25. The Kier molecular flexibility index (Phi) is 4.16. The van der Waals surface area contributed by atoms with E-state index in [-0.39, 0.29) is 6.10 Å². The maximum Gasteiger partial charge on any atom is 0.0926 e. The van der Waals surface area contributed by atoms with E-state index >= 15 is 0 Å². The molecule has 1 aliphatic rings. The van der Waals surface area contributed by atoms with E-state index in [1.807, 2.05) is 0 Å². The minimum Gasteiger partial charge on any atom is -0.387 e. The highest BCUT2D eigenvalue weighted by atomic mass is 16.5. The Bertz CT molecular complexity index is 143. The Morgan fingerprint density at radius 3 is 3.00 bits per heavy atom. The van der Waals surface area contributed by atoms with Gasteiger partial charge in [0.1, 0.15) is 0 Å². The summed E-state index contributed by atoms with van der Waals surface area (Å²) in [6, 6.07) is 0. The molecular formula is C10H20O3. The van der Waals surface area contributed by atoms with Crippen molar-refractivity contribution in [2.24, 2.45) is 0 Å². The molecule has 0 aromatic carbocycles. The van der Waals surface area contributed by atoms with Gasteiger partial charge in [-0.05, 0) is 6.42 Å². The van der Waals surface area contributed by atoms with E-state index in [9.17, 15) is 5.11 Å². The Labute approximate surface area is 80.0 Å². The molecule has 2 unspecified atom stereocenters. The number of hydrogen-bond donors (Lipinski definition) is 1. The Morgan fingerprint density at radius 2 is 2.38 bits per heavy atom. The van der Waals surface area contributed by atoms with Crippen molar-refractivity contribution < 1.29 is 14.6 Å². The Balaban J connectivity index is 2.39. The summed E-state index contributed by atoms with van der Waals surface area (Å²) in [4.78, 5) is 0. The van der Waals surface area contributed by atoms with Crippen molar-refractivity contribution >= 4 is 0 Å². The van der Waals surface area contributed by atoms with Crippen LogP contribution in [0.4, 0.5) is 0 Å². The van der Waals surface area contributed by atoms with Crippen LogP contribution < -0.4 is 0 Å². The maximum atomic E-state index is 10.1. The lowest BCUT2D eigenvalue weighted by Gasteiger charge is -2.36. The van der Waals surface area contributed by atoms with E-state index in [2.05, 4.69) is 6.92 Å². The molecule has 1 aliphatic heterocycles. The van der Waals surface area contributed by atoms with Gasteiger partial charge in [0, 0.05) is 26.6 Å². The first-order valence-corrected chi connectivity index (χ1v) is 5.03. The second-order valence-electron chi connectivity index (χ2n) is 3.89. The number of ether oxygens (including phenoxy) is 2. The highest BCUT2D eigenvalue weighted by Gasteiger charge is 2.34. The van der Waals surface area contributed by atoms with Crippen LogP contribution in [0.25, 0.3) is 0 Å². The van der Waals surface area contributed by atoms with Crippen LogP contribution in [0.3, 0.4) is 0 Å². The summed E-state index contributed by atoms with van der Waals surface area (Å²) >= 11 is 0. The maximum absolute atomic E-state index is 10.1. The van der Waals surface area contributed by atoms with E-state index in [1.165, 1.54) is 0 Å². The fourth-order valence-corrected chi connectivity index (χ4v) is 1.91. The average Bonchev–Trinajstić information content (AvgIpc) is 2.04. The van der Waals surface area contributed by atoms with E-state index in [1.54, 1.807) is 7.11 Å². The summed E-state index contributed by atoms with van der Waals surface area (Å²) in [5.74, 6) is 0. The lowest BCUT2D eigenvalue weighted by molar-refractivity contribution is -0.131. The van der Waals surface area contributed by atoms with Crippen LogP contribution in [0.15, 0.2) is 0 Å². The van der Waals surface area contributed by atoms with Crippen molar-refractivity contribution in [2.75, 3.05) is 20.3 Å². The first-order valence-electron chi connectivity index (χ1n) is 5.03. The Morgan fingerprint density at radius 1 is 1.62 bits per heavy atom. The molecule has 0 aromatic heterocycles. The van der Waals surface area contributed by atoms with E-state index in [4.69, 9.17) is 9.47 Å². The summed E-state index contributed by atoms with van der Waals surface area (Å²) < 4.78 is 10.5. The zero-order valence-electron chi connectivity index (χ0n) is 8.58. The molecule has 3 heteroatoms.